The van der Waals surface area contributed by atoms with Crippen LogP contribution in [-0.4, -0.2) is 65.0 Å². The highest BCUT2D eigenvalue weighted by molar-refractivity contribution is 5.68. The summed E-state index contributed by atoms with van der Waals surface area (Å²) in [6, 6.07) is 1.90. The number of nitrogens with one attached hydrogen (secondary N) is 1. The van der Waals surface area contributed by atoms with Gasteiger partial charge in [0.1, 0.15) is 23.3 Å². The van der Waals surface area contributed by atoms with Crippen molar-refractivity contribution < 1.29 is 31.8 Å². The lowest BCUT2D eigenvalue weighted by Gasteiger charge is -2.40. The van der Waals surface area contributed by atoms with E-state index in [0.29, 0.717) is 11.4 Å². The number of fused-ring (bicyclic) bond motifs is 1. The Morgan fingerprint density at radius 3 is 2.64 bits per heavy atom. The van der Waals surface area contributed by atoms with Crippen molar-refractivity contribution in [2.24, 2.45) is 7.05 Å². The van der Waals surface area contributed by atoms with E-state index in [4.69, 9.17) is 9.47 Å². The lowest BCUT2D eigenvalue weighted by molar-refractivity contribution is -0.0633. The van der Waals surface area contributed by atoms with Gasteiger partial charge in [-0.3, -0.25) is 9.47 Å². The first-order valence-electron chi connectivity index (χ1n) is 12.3. The number of carbonyl (C=O) groups is 1. The fourth-order valence-electron chi connectivity index (χ4n) is 5.00. The van der Waals surface area contributed by atoms with E-state index in [1.807, 2.05) is 4.90 Å². The Balaban J connectivity index is 1.38. The van der Waals surface area contributed by atoms with Gasteiger partial charge >= 0.3 is 12.6 Å². The van der Waals surface area contributed by atoms with E-state index in [0.717, 1.165) is 22.8 Å². The molecular formula is C24H28F4N8O3. The third kappa shape index (κ3) is 5.45. The number of aryl methyl sites for hydroxylation is 1. The van der Waals surface area contributed by atoms with E-state index >= 15 is 0 Å². The average Bonchev–Trinajstić information content (AvgIpc) is 3.53. The van der Waals surface area contributed by atoms with Crippen molar-refractivity contribution in [2.75, 3.05) is 6.61 Å². The molecule has 210 valence electrons. The number of carbonyl (C=O) groups excluding carboxylic acids is 1. The standard InChI is InChI=1S/C24H28F4N8O3/c1-24(2,3)39-23(37)30-16-8-13(11-38-19(16)14-7-12(25)5-6-15(14)26)35-9-17-18(10-35)36(22(27)28)20(29-17)21-31-32-33-34(21)4/h5-7,13,16,19,22H,8-11H2,1-4H3,(H,30,37)/t13-,16+,19-/m1/s1. The third-order valence-electron chi connectivity index (χ3n) is 6.66. The number of tetrazole rings is 1. The Labute approximate surface area is 221 Å². The van der Waals surface area contributed by atoms with Crippen LogP contribution >= 0.6 is 0 Å². The molecule has 39 heavy (non-hydrogen) atoms. The van der Waals surface area contributed by atoms with Crippen molar-refractivity contribution in [2.45, 2.75) is 70.6 Å². The molecule has 0 spiro atoms. The monoisotopic (exact) mass is 552 g/mol. The number of alkyl halides is 2. The maximum Gasteiger partial charge on any atom is 0.407 e. The number of imidazole rings is 1. The van der Waals surface area contributed by atoms with E-state index in [9.17, 15) is 22.4 Å². The van der Waals surface area contributed by atoms with Crippen LogP contribution < -0.4 is 5.32 Å². The second-order valence-electron chi connectivity index (χ2n) is 10.6. The van der Waals surface area contributed by atoms with Crippen molar-refractivity contribution in [1.82, 2.24) is 40.0 Å². The van der Waals surface area contributed by atoms with E-state index in [1.54, 1.807) is 20.8 Å². The zero-order valence-electron chi connectivity index (χ0n) is 21.7. The van der Waals surface area contributed by atoms with Crippen LogP contribution in [0.3, 0.4) is 0 Å². The van der Waals surface area contributed by atoms with Gasteiger partial charge in [-0.2, -0.15) is 8.78 Å². The van der Waals surface area contributed by atoms with Crippen molar-refractivity contribution in [3.8, 4) is 11.6 Å². The zero-order chi connectivity index (χ0) is 28.1. The van der Waals surface area contributed by atoms with Gasteiger partial charge in [-0.1, -0.05) is 0 Å². The van der Waals surface area contributed by atoms with Crippen LogP contribution in [0.5, 0.6) is 0 Å². The number of nitrogens with zero attached hydrogens (tertiary/aromatic N) is 7. The van der Waals surface area contributed by atoms with Crippen molar-refractivity contribution in [1.29, 1.82) is 0 Å². The molecule has 0 saturated carbocycles. The SMILES string of the molecule is Cn1nnnc1-c1nc2c(n1C(F)F)CN([C@H]1CO[C@H](c3cc(F)ccc3F)[C@@H](NC(=O)OC(C)(C)C)C1)C2. The number of alkyl carbamates (subject to hydrolysis) is 1. The van der Waals surface area contributed by atoms with Gasteiger partial charge in [-0.05, 0) is 55.8 Å². The van der Waals surface area contributed by atoms with Crippen molar-refractivity contribution in [3.63, 3.8) is 0 Å². The fraction of sp³-hybridized carbons (Fsp3) is 0.542. The highest BCUT2D eigenvalue weighted by Crippen LogP contribution is 2.37. The molecule has 1 amide bonds. The van der Waals surface area contributed by atoms with E-state index in [-0.39, 0.29) is 49.4 Å². The largest absolute Gasteiger partial charge is 0.444 e. The molecule has 2 aromatic heterocycles. The number of aromatic nitrogens is 6. The van der Waals surface area contributed by atoms with E-state index in [2.05, 4.69) is 25.8 Å². The Kier molecular flexibility index (Phi) is 7.05. The highest BCUT2D eigenvalue weighted by atomic mass is 19.3. The second-order valence-corrected chi connectivity index (χ2v) is 10.6. The Morgan fingerprint density at radius 2 is 1.97 bits per heavy atom. The average molecular weight is 553 g/mol. The van der Waals surface area contributed by atoms with Crippen molar-refractivity contribution in [3.05, 3.63) is 46.8 Å². The van der Waals surface area contributed by atoms with Crippen LogP contribution in [0, 0.1) is 11.6 Å². The molecule has 2 aliphatic heterocycles. The summed E-state index contributed by atoms with van der Waals surface area (Å²) in [7, 11) is 1.53. The molecule has 0 radical (unpaired) electrons. The lowest BCUT2D eigenvalue weighted by Crippen LogP contribution is -2.52. The summed E-state index contributed by atoms with van der Waals surface area (Å²) in [6.07, 6.45) is -1.47. The highest BCUT2D eigenvalue weighted by Gasteiger charge is 2.41. The molecule has 0 aliphatic carbocycles. The maximum absolute atomic E-state index is 14.7. The number of benzene rings is 1. The quantitative estimate of drug-likeness (QED) is 0.479. The first kappa shape index (κ1) is 27.0. The summed E-state index contributed by atoms with van der Waals surface area (Å²) < 4.78 is 70.4. The Bertz CT molecular complexity index is 1370. The molecule has 3 aromatic rings. The maximum atomic E-state index is 14.7. The minimum Gasteiger partial charge on any atom is -0.444 e. The summed E-state index contributed by atoms with van der Waals surface area (Å²) >= 11 is 0. The number of hydrogen-bond acceptors (Lipinski definition) is 8. The number of halogens is 4. The molecule has 0 bridgehead atoms. The van der Waals surface area contributed by atoms with E-state index < -0.39 is 42.0 Å². The first-order chi connectivity index (χ1) is 18.4. The van der Waals surface area contributed by atoms with Gasteiger partial charge in [-0.25, -0.2) is 23.2 Å². The number of rotatable bonds is 5. The molecule has 5 rings (SSSR count). The molecule has 1 aromatic carbocycles. The summed E-state index contributed by atoms with van der Waals surface area (Å²) in [5, 5.41) is 13.7. The van der Waals surface area contributed by atoms with Gasteiger partial charge in [0.25, 0.3) is 0 Å². The summed E-state index contributed by atoms with van der Waals surface area (Å²) in [6.45, 7) is 2.69. The summed E-state index contributed by atoms with van der Waals surface area (Å²) in [5.41, 5.74) is -0.0570. The molecule has 2 aliphatic rings. The van der Waals surface area contributed by atoms with Gasteiger partial charge in [0.15, 0.2) is 5.82 Å². The van der Waals surface area contributed by atoms with E-state index in [1.165, 1.54) is 11.7 Å². The topological polar surface area (TPSA) is 112 Å². The van der Waals surface area contributed by atoms with Crippen molar-refractivity contribution >= 4 is 6.09 Å². The minimum atomic E-state index is -2.88. The number of hydrogen-bond donors (Lipinski definition) is 1. The summed E-state index contributed by atoms with van der Waals surface area (Å²) in [4.78, 5) is 18.9. The molecule has 0 unspecified atom stereocenters. The van der Waals surface area contributed by atoms with Crippen LogP contribution in [0.2, 0.25) is 0 Å². The Morgan fingerprint density at radius 1 is 1.21 bits per heavy atom. The molecule has 3 atom stereocenters. The molecule has 15 heteroatoms. The lowest BCUT2D eigenvalue weighted by atomic mass is 9.92. The van der Waals surface area contributed by atoms with Crippen LogP contribution in [0.15, 0.2) is 18.2 Å². The Hall–Kier alpha value is -3.59. The number of amides is 1. The molecule has 1 fully saturated rings. The molecule has 4 heterocycles. The predicted molar refractivity (Wildman–Crippen MR) is 127 cm³/mol. The molecule has 1 N–H and O–H groups in total. The fourth-order valence-corrected chi connectivity index (χ4v) is 5.00. The van der Waals surface area contributed by atoms with Gasteiger partial charge in [-0.15, -0.1) is 5.10 Å². The molecule has 1 saturated heterocycles. The van der Waals surface area contributed by atoms with Crippen LogP contribution in [0.4, 0.5) is 22.4 Å². The van der Waals surface area contributed by atoms with Crippen LogP contribution in [-0.2, 0) is 29.6 Å². The van der Waals surface area contributed by atoms with Gasteiger partial charge < -0.3 is 14.8 Å². The zero-order valence-corrected chi connectivity index (χ0v) is 21.7. The van der Waals surface area contributed by atoms with Crippen LogP contribution in [0.25, 0.3) is 11.6 Å². The predicted octanol–water partition coefficient (Wildman–Crippen LogP) is 3.49. The minimum absolute atomic E-state index is 0.0341. The van der Waals surface area contributed by atoms with Crippen LogP contribution in [0.1, 0.15) is 56.8 Å². The van der Waals surface area contributed by atoms with Gasteiger partial charge in [0, 0.05) is 31.7 Å². The third-order valence-corrected chi connectivity index (χ3v) is 6.66. The van der Waals surface area contributed by atoms with Gasteiger partial charge in [0.05, 0.1) is 24.0 Å². The first-order valence-corrected chi connectivity index (χ1v) is 12.3. The second kappa shape index (κ2) is 10.2. The number of ether oxygens (including phenoxy) is 2. The van der Waals surface area contributed by atoms with Gasteiger partial charge in [0.2, 0.25) is 5.82 Å². The summed E-state index contributed by atoms with van der Waals surface area (Å²) in [5.74, 6) is -1.25. The molecular weight excluding hydrogens is 524 g/mol. The molecule has 11 nitrogen and oxygen atoms in total. The normalized spacial score (nSPS) is 21.8. The smallest absolute Gasteiger partial charge is 0.407 e.